The Kier molecular flexibility index (Phi) is 7.79. The third-order valence-electron chi connectivity index (χ3n) is 4.45. The zero-order chi connectivity index (χ0) is 19.9. The number of benzene rings is 1. The van der Waals surface area contributed by atoms with Crippen LogP contribution in [0.5, 0.6) is 0 Å². The van der Waals surface area contributed by atoms with Crippen LogP contribution in [0.15, 0.2) is 41.7 Å². The second kappa shape index (κ2) is 9.35. The lowest BCUT2D eigenvalue weighted by Crippen LogP contribution is -2.48. The van der Waals surface area contributed by atoms with E-state index in [4.69, 9.17) is 0 Å². The molecular formula is C19H30N4O3. The van der Waals surface area contributed by atoms with Gasteiger partial charge in [-0.15, -0.1) is 0 Å². The first-order chi connectivity index (χ1) is 12.2. The molecule has 26 heavy (non-hydrogen) atoms. The molecule has 1 atom stereocenters. The molecule has 0 saturated carbocycles. The Hall–Kier alpha value is -2.38. The topological polar surface area (TPSA) is 84.9 Å². The van der Waals surface area contributed by atoms with Gasteiger partial charge in [0.25, 0.3) is 5.91 Å². The smallest absolute Gasteiger partial charge is 0.253 e. The monoisotopic (exact) mass is 362 g/mol. The summed E-state index contributed by atoms with van der Waals surface area (Å²) in [6.07, 6.45) is -0.671. The Morgan fingerprint density at radius 2 is 1.85 bits per heavy atom. The van der Waals surface area contributed by atoms with Crippen molar-refractivity contribution >= 4 is 17.9 Å². The SMILES string of the molecule is CNCC(C)(C)C(O)C(=O)N/C(C=O)=C(\C)N(C)N(C)c1ccccc1. The Bertz CT molecular complexity index is 643. The largest absolute Gasteiger partial charge is 0.383 e. The molecule has 0 aromatic heterocycles. The van der Waals surface area contributed by atoms with E-state index in [2.05, 4.69) is 10.6 Å². The number of hydrogen-bond acceptors (Lipinski definition) is 6. The maximum Gasteiger partial charge on any atom is 0.253 e. The number of rotatable bonds is 9. The van der Waals surface area contributed by atoms with Crippen LogP contribution in [0.3, 0.4) is 0 Å². The van der Waals surface area contributed by atoms with Crippen molar-refractivity contribution in [1.29, 1.82) is 0 Å². The van der Waals surface area contributed by atoms with Crippen LogP contribution in [0.2, 0.25) is 0 Å². The van der Waals surface area contributed by atoms with Crippen LogP contribution < -0.4 is 15.6 Å². The molecule has 1 aromatic carbocycles. The molecule has 7 heteroatoms. The molecule has 0 spiro atoms. The van der Waals surface area contributed by atoms with E-state index in [1.165, 1.54) is 0 Å². The molecule has 144 valence electrons. The number of nitrogens with zero attached hydrogens (tertiary/aromatic N) is 2. The van der Waals surface area contributed by atoms with Crippen molar-refractivity contribution in [2.75, 3.05) is 32.7 Å². The third kappa shape index (κ3) is 5.31. The van der Waals surface area contributed by atoms with Crippen molar-refractivity contribution in [1.82, 2.24) is 15.6 Å². The number of aliphatic hydroxyl groups excluding tert-OH is 1. The molecule has 0 bridgehead atoms. The van der Waals surface area contributed by atoms with E-state index in [9.17, 15) is 14.7 Å². The molecule has 0 aliphatic heterocycles. The molecule has 0 aliphatic carbocycles. The number of nitrogens with one attached hydrogen (secondary N) is 2. The van der Waals surface area contributed by atoms with Gasteiger partial charge in [0.1, 0.15) is 11.8 Å². The van der Waals surface area contributed by atoms with Crippen LogP contribution in [0.1, 0.15) is 20.8 Å². The predicted octanol–water partition coefficient (Wildman–Crippen LogP) is 1.12. The molecule has 0 aliphatic rings. The van der Waals surface area contributed by atoms with Crippen molar-refractivity contribution in [3.63, 3.8) is 0 Å². The van der Waals surface area contributed by atoms with Crippen molar-refractivity contribution in [2.24, 2.45) is 5.41 Å². The number of amides is 1. The number of aldehydes is 1. The number of carbonyl (C=O) groups is 2. The van der Waals surface area contributed by atoms with Gasteiger partial charge in [0.15, 0.2) is 6.29 Å². The van der Waals surface area contributed by atoms with Gasteiger partial charge in [0.2, 0.25) is 0 Å². The van der Waals surface area contributed by atoms with Crippen LogP contribution in [0, 0.1) is 5.41 Å². The predicted molar refractivity (Wildman–Crippen MR) is 103 cm³/mol. The Labute approximate surface area is 155 Å². The lowest BCUT2D eigenvalue weighted by molar-refractivity contribution is -0.134. The summed E-state index contributed by atoms with van der Waals surface area (Å²) in [6, 6.07) is 9.63. The average Bonchev–Trinajstić information content (AvgIpc) is 2.64. The summed E-state index contributed by atoms with van der Waals surface area (Å²) < 4.78 is 0. The third-order valence-corrected chi connectivity index (χ3v) is 4.45. The average molecular weight is 362 g/mol. The van der Waals surface area contributed by atoms with E-state index < -0.39 is 17.4 Å². The normalized spacial score (nSPS) is 13.5. The first-order valence-corrected chi connectivity index (χ1v) is 8.47. The van der Waals surface area contributed by atoms with E-state index in [0.717, 1.165) is 5.69 Å². The number of para-hydroxylation sites is 1. The molecule has 0 radical (unpaired) electrons. The Morgan fingerprint density at radius 1 is 1.27 bits per heavy atom. The van der Waals surface area contributed by atoms with E-state index >= 15 is 0 Å². The molecule has 1 rings (SSSR count). The van der Waals surface area contributed by atoms with Gasteiger partial charge in [-0.05, 0) is 26.1 Å². The molecule has 0 heterocycles. The summed E-state index contributed by atoms with van der Waals surface area (Å²) in [5, 5.41) is 19.4. The fourth-order valence-corrected chi connectivity index (χ4v) is 2.53. The first kappa shape index (κ1) is 21.7. The van der Waals surface area contributed by atoms with Crippen molar-refractivity contribution in [3.05, 3.63) is 41.7 Å². The van der Waals surface area contributed by atoms with Crippen LogP contribution in [0.4, 0.5) is 5.69 Å². The molecular weight excluding hydrogens is 332 g/mol. The van der Waals surface area contributed by atoms with E-state index in [1.807, 2.05) is 42.4 Å². The minimum atomic E-state index is -1.25. The minimum Gasteiger partial charge on any atom is -0.383 e. The highest BCUT2D eigenvalue weighted by molar-refractivity contribution is 5.89. The summed E-state index contributed by atoms with van der Waals surface area (Å²) in [4.78, 5) is 23.9. The summed E-state index contributed by atoms with van der Waals surface area (Å²) in [5.74, 6) is -0.609. The van der Waals surface area contributed by atoms with Crippen LogP contribution in [0.25, 0.3) is 0 Å². The van der Waals surface area contributed by atoms with Gasteiger partial charge in [0, 0.05) is 26.1 Å². The minimum absolute atomic E-state index is 0.111. The molecule has 1 aromatic rings. The summed E-state index contributed by atoms with van der Waals surface area (Å²) in [6.45, 7) is 5.74. The molecule has 0 fully saturated rings. The molecule has 1 amide bonds. The van der Waals surface area contributed by atoms with E-state index in [1.54, 1.807) is 39.9 Å². The molecule has 7 nitrogen and oxygen atoms in total. The zero-order valence-corrected chi connectivity index (χ0v) is 16.4. The summed E-state index contributed by atoms with van der Waals surface area (Å²) >= 11 is 0. The highest BCUT2D eigenvalue weighted by atomic mass is 16.3. The summed E-state index contributed by atoms with van der Waals surface area (Å²) in [5.41, 5.74) is 0.923. The fraction of sp³-hybridized carbons (Fsp3) is 0.474. The van der Waals surface area contributed by atoms with Crippen LogP contribution in [-0.2, 0) is 9.59 Å². The van der Waals surface area contributed by atoms with Crippen LogP contribution >= 0.6 is 0 Å². The number of aliphatic hydroxyl groups is 1. The van der Waals surface area contributed by atoms with E-state index in [-0.39, 0.29) is 5.70 Å². The lowest BCUT2D eigenvalue weighted by atomic mass is 9.86. The maximum absolute atomic E-state index is 12.4. The van der Waals surface area contributed by atoms with Gasteiger partial charge in [-0.3, -0.25) is 19.6 Å². The van der Waals surface area contributed by atoms with E-state index in [0.29, 0.717) is 18.5 Å². The van der Waals surface area contributed by atoms with Crippen molar-refractivity contribution < 1.29 is 14.7 Å². The molecule has 3 N–H and O–H groups in total. The first-order valence-electron chi connectivity index (χ1n) is 8.47. The molecule has 0 saturated heterocycles. The zero-order valence-electron chi connectivity index (χ0n) is 16.4. The number of allylic oxidation sites excluding steroid dienone is 2. The highest BCUT2D eigenvalue weighted by Gasteiger charge is 2.33. The number of hydrogen-bond donors (Lipinski definition) is 3. The van der Waals surface area contributed by atoms with Gasteiger partial charge in [0.05, 0.1) is 11.4 Å². The second-order valence-electron chi connectivity index (χ2n) is 6.91. The Balaban J connectivity index is 2.97. The van der Waals surface area contributed by atoms with Gasteiger partial charge in [-0.25, -0.2) is 0 Å². The molecule has 1 unspecified atom stereocenters. The second-order valence-corrected chi connectivity index (χ2v) is 6.91. The number of carbonyl (C=O) groups excluding carboxylic acids is 2. The van der Waals surface area contributed by atoms with Crippen molar-refractivity contribution in [3.8, 4) is 0 Å². The van der Waals surface area contributed by atoms with Gasteiger partial charge >= 0.3 is 0 Å². The Morgan fingerprint density at radius 3 is 2.35 bits per heavy atom. The summed E-state index contributed by atoms with van der Waals surface area (Å²) in [7, 11) is 5.40. The lowest BCUT2D eigenvalue weighted by Gasteiger charge is -2.34. The van der Waals surface area contributed by atoms with Gasteiger partial charge < -0.3 is 15.7 Å². The fourth-order valence-electron chi connectivity index (χ4n) is 2.53. The van der Waals surface area contributed by atoms with Gasteiger partial charge in [-0.1, -0.05) is 32.0 Å². The van der Waals surface area contributed by atoms with Gasteiger partial charge in [-0.2, -0.15) is 0 Å². The van der Waals surface area contributed by atoms with Crippen molar-refractivity contribution in [2.45, 2.75) is 26.9 Å². The highest BCUT2D eigenvalue weighted by Crippen LogP contribution is 2.21. The quantitative estimate of drug-likeness (QED) is 0.347. The van der Waals surface area contributed by atoms with Crippen LogP contribution in [-0.4, -0.2) is 56.1 Å². The number of anilines is 1. The number of hydrazine groups is 1. The maximum atomic E-state index is 12.4. The standard InChI is InChI=1S/C19H30N4O3/c1-14(22(5)23(6)15-10-8-7-9-11-15)16(12-24)21-18(26)17(25)19(2,3)13-20-4/h7-12,17,20,25H,13H2,1-6H3,(H,21,26)/b16-14+.